The quantitative estimate of drug-likeness (QED) is 0.561. The van der Waals surface area contributed by atoms with Gasteiger partial charge in [0.25, 0.3) is 0 Å². The van der Waals surface area contributed by atoms with E-state index < -0.39 is 0 Å². The van der Waals surface area contributed by atoms with Crippen molar-refractivity contribution in [2.45, 2.75) is 0 Å². The monoisotopic (exact) mass is 244 g/mol. The molecule has 0 unspecified atom stereocenters. The van der Waals surface area contributed by atoms with Crippen LogP contribution >= 0.6 is 22.9 Å². The van der Waals surface area contributed by atoms with Crippen LogP contribution in [0.3, 0.4) is 0 Å². The van der Waals surface area contributed by atoms with Crippen LogP contribution in [0.1, 0.15) is 5.56 Å². The third-order valence-electron chi connectivity index (χ3n) is 2.52. The number of pyridine rings is 1. The molecule has 1 aromatic carbocycles. The molecule has 16 heavy (non-hydrogen) atoms. The highest BCUT2D eigenvalue weighted by atomic mass is 35.5. The minimum Gasteiger partial charge on any atom is -0.235 e. The zero-order valence-corrected chi connectivity index (χ0v) is 9.64. The fourth-order valence-electron chi connectivity index (χ4n) is 1.75. The van der Waals surface area contributed by atoms with E-state index in [0.29, 0.717) is 10.7 Å². The Labute approximate surface area is 101 Å². The summed E-state index contributed by atoms with van der Waals surface area (Å²) in [6, 6.07) is 7.59. The first-order valence-corrected chi connectivity index (χ1v) is 5.97. The summed E-state index contributed by atoms with van der Waals surface area (Å²) >= 11 is 7.69. The Balaban J connectivity index is 2.54. The van der Waals surface area contributed by atoms with E-state index in [2.05, 4.69) is 16.4 Å². The van der Waals surface area contributed by atoms with Crippen LogP contribution in [0.4, 0.5) is 0 Å². The highest BCUT2D eigenvalue weighted by molar-refractivity contribution is 7.09. The Hall–Kier alpha value is -1.63. The van der Waals surface area contributed by atoms with E-state index in [1.54, 1.807) is 23.5 Å². The van der Waals surface area contributed by atoms with Gasteiger partial charge in [0, 0.05) is 21.5 Å². The fraction of sp³-hybridized carbons (Fsp3) is 0. The summed E-state index contributed by atoms with van der Waals surface area (Å²) in [4.78, 5) is 4.31. The minimum atomic E-state index is 0.499. The number of benzene rings is 1. The van der Waals surface area contributed by atoms with Gasteiger partial charge in [0.05, 0.1) is 17.1 Å². The standard InChI is InChI=1S/C12H5ClN2S/c13-12-10-6-16-5-9(10)8-2-1-7(4-14)3-11(8)15-12/h1-3,5-6H. The number of aromatic nitrogens is 1. The van der Waals surface area contributed by atoms with Crippen molar-refractivity contribution in [2.24, 2.45) is 0 Å². The molecule has 0 aliphatic carbocycles. The number of fused-ring (bicyclic) bond motifs is 3. The number of hydrogen-bond acceptors (Lipinski definition) is 3. The van der Waals surface area contributed by atoms with Gasteiger partial charge in [0.1, 0.15) is 5.15 Å². The van der Waals surface area contributed by atoms with Gasteiger partial charge in [-0.1, -0.05) is 17.7 Å². The number of rotatable bonds is 0. The van der Waals surface area contributed by atoms with E-state index in [4.69, 9.17) is 16.9 Å². The van der Waals surface area contributed by atoms with Crippen molar-refractivity contribution < 1.29 is 0 Å². The zero-order valence-electron chi connectivity index (χ0n) is 8.07. The molecule has 2 aromatic heterocycles. The Bertz CT molecular complexity index is 740. The van der Waals surface area contributed by atoms with Crippen molar-refractivity contribution in [3.63, 3.8) is 0 Å². The Kier molecular flexibility index (Phi) is 2.06. The van der Waals surface area contributed by atoms with Crippen molar-refractivity contribution in [3.05, 3.63) is 39.7 Å². The van der Waals surface area contributed by atoms with Gasteiger partial charge in [0.15, 0.2) is 0 Å². The average molecular weight is 245 g/mol. The predicted molar refractivity (Wildman–Crippen MR) is 66.9 cm³/mol. The fourth-order valence-corrected chi connectivity index (χ4v) is 2.90. The summed E-state index contributed by atoms with van der Waals surface area (Å²) in [7, 11) is 0. The van der Waals surface area contributed by atoms with Crippen molar-refractivity contribution >= 4 is 44.6 Å². The van der Waals surface area contributed by atoms with Crippen molar-refractivity contribution in [1.29, 1.82) is 5.26 Å². The van der Waals surface area contributed by atoms with Gasteiger partial charge < -0.3 is 0 Å². The van der Waals surface area contributed by atoms with E-state index in [-0.39, 0.29) is 0 Å². The second-order valence-electron chi connectivity index (χ2n) is 3.45. The molecule has 4 heteroatoms. The van der Waals surface area contributed by atoms with Crippen LogP contribution < -0.4 is 0 Å². The molecule has 3 aromatic rings. The van der Waals surface area contributed by atoms with Crippen LogP contribution in [0.15, 0.2) is 29.0 Å². The molecule has 0 aliphatic heterocycles. The van der Waals surface area contributed by atoms with Gasteiger partial charge >= 0.3 is 0 Å². The first-order valence-electron chi connectivity index (χ1n) is 4.65. The molecule has 0 amide bonds. The van der Waals surface area contributed by atoms with Crippen molar-refractivity contribution in [1.82, 2.24) is 4.98 Å². The molecule has 0 N–H and O–H groups in total. The number of halogens is 1. The molecule has 0 saturated heterocycles. The lowest BCUT2D eigenvalue weighted by molar-refractivity contribution is 1.43. The molecular weight excluding hydrogens is 240 g/mol. The van der Waals surface area contributed by atoms with Crippen LogP contribution in [0, 0.1) is 11.3 Å². The predicted octanol–water partition coefficient (Wildman–Crippen LogP) is 3.97. The van der Waals surface area contributed by atoms with Crippen LogP contribution in [-0.4, -0.2) is 4.98 Å². The van der Waals surface area contributed by atoms with Gasteiger partial charge in [-0.05, 0) is 17.5 Å². The second kappa shape index (κ2) is 3.44. The maximum absolute atomic E-state index is 8.83. The third kappa shape index (κ3) is 1.28. The SMILES string of the molecule is N#Cc1ccc2c(c1)nc(Cl)c1cscc12. The number of thiophene rings is 1. The smallest absolute Gasteiger partial charge is 0.138 e. The van der Waals surface area contributed by atoms with E-state index in [1.165, 1.54) is 0 Å². The largest absolute Gasteiger partial charge is 0.235 e. The van der Waals surface area contributed by atoms with Gasteiger partial charge in [-0.15, -0.1) is 0 Å². The maximum Gasteiger partial charge on any atom is 0.138 e. The van der Waals surface area contributed by atoms with Crippen molar-refractivity contribution in [2.75, 3.05) is 0 Å². The molecular formula is C12H5ClN2S. The lowest BCUT2D eigenvalue weighted by Crippen LogP contribution is -1.83. The molecule has 0 aliphatic rings. The van der Waals surface area contributed by atoms with Crippen LogP contribution in [0.25, 0.3) is 21.7 Å². The van der Waals surface area contributed by atoms with Gasteiger partial charge in [0.2, 0.25) is 0 Å². The van der Waals surface area contributed by atoms with Crippen LogP contribution in [0.5, 0.6) is 0 Å². The van der Waals surface area contributed by atoms with Gasteiger partial charge in [-0.25, -0.2) is 4.98 Å². The number of nitriles is 1. The minimum absolute atomic E-state index is 0.499. The van der Waals surface area contributed by atoms with E-state index in [1.807, 2.05) is 11.4 Å². The number of nitrogens with zero attached hydrogens (tertiary/aromatic N) is 2. The Morgan fingerprint density at radius 2 is 2.00 bits per heavy atom. The molecule has 76 valence electrons. The summed E-state index contributed by atoms with van der Waals surface area (Å²) in [5, 5.41) is 16.5. The molecule has 0 atom stereocenters. The highest BCUT2D eigenvalue weighted by Crippen LogP contribution is 2.31. The second-order valence-corrected chi connectivity index (χ2v) is 4.55. The molecule has 0 radical (unpaired) electrons. The first-order chi connectivity index (χ1) is 7.79. The molecule has 0 fully saturated rings. The lowest BCUT2D eigenvalue weighted by Gasteiger charge is -2.01. The Morgan fingerprint density at radius 1 is 1.19 bits per heavy atom. The summed E-state index contributed by atoms with van der Waals surface area (Å²) in [6.45, 7) is 0. The van der Waals surface area contributed by atoms with Gasteiger partial charge in [-0.3, -0.25) is 0 Å². The molecule has 2 heterocycles. The van der Waals surface area contributed by atoms with Gasteiger partial charge in [-0.2, -0.15) is 16.6 Å². The van der Waals surface area contributed by atoms with E-state index in [9.17, 15) is 0 Å². The van der Waals surface area contributed by atoms with E-state index in [0.717, 1.165) is 21.7 Å². The van der Waals surface area contributed by atoms with Crippen molar-refractivity contribution in [3.8, 4) is 6.07 Å². The highest BCUT2D eigenvalue weighted by Gasteiger charge is 2.07. The van der Waals surface area contributed by atoms with E-state index >= 15 is 0 Å². The topological polar surface area (TPSA) is 36.7 Å². The first kappa shape index (κ1) is 9.59. The van der Waals surface area contributed by atoms with Crippen LogP contribution in [0.2, 0.25) is 5.15 Å². The van der Waals surface area contributed by atoms with Crippen LogP contribution in [-0.2, 0) is 0 Å². The molecule has 0 bridgehead atoms. The Morgan fingerprint density at radius 3 is 2.81 bits per heavy atom. The summed E-state index contributed by atoms with van der Waals surface area (Å²) in [5.41, 5.74) is 1.38. The lowest BCUT2D eigenvalue weighted by atomic mass is 10.1. The maximum atomic E-state index is 8.83. The normalized spacial score (nSPS) is 10.8. The summed E-state index contributed by atoms with van der Waals surface area (Å²) < 4.78 is 0. The zero-order chi connectivity index (χ0) is 11.1. The molecule has 0 spiro atoms. The molecule has 2 nitrogen and oxygen atoms in total. The summed E-state index contributed by atoms with van der Waals surface area (Å²) in [5.74, 6) is 0. The average Bonchev–Trinajstić information content (AvgIpc) is 2.78. The number of hydrogen-bond donors (Lipinski definition) is 0. The molecule has 3 rings (SSSR count). The molecule has 0 saturated carbocycles. The third-order valence-corrected chi connectivity index (χ3v) is 3.55. The summed E-state index contributed by atoms with van der Waals surface area (Å²) in [6.07, 6.45) is 0.